The van der Waals surface area contributed by atoms with Crippen molar-refractivity contribution in [1.82, 2.24) is 9.80 Å². The number of likely N-dealkylation sites (tertiary alicyclic amines) is 1. The van der Waals surface area contributed by atoms with Crippen LogP contribution in [0.25, 0.3) is 6.08 Å². The summed E-state index contributed by atoms with van der Waals surface area (Å²) in [7, 11) is 1.59. The quantitative estimate of drug-likeness (QED) is 0.575. The third kappa shape index (κ3) is 5.88. The summed E-state index contributed by atoms with van der Waals surface area (Å²) >= 11 is 6.09. The van der Waals surface area contributed by atoms with E-state index in [0.717, 1.165) is 24.8 Å². The molecule has 1 saturated heterocycles. The van der Waals surface area contributed by atoms with Gasteiger partial charge in [-0.2, -0.15) is 0 Å². The average molecular weight is 441 g/mol. The first-order valence-electron chi connectivity index (χ1n) is 10.7. The molecule has 1 fully saturated rings. The maximum atomic E-state index is 13.0. The molecule has 0 bridgehead atoms. The Morgan fingerprint density at radius 3 is 2.52 bits per heavy atom. The molecule has 0 N–H and O–H groups in total. The SMILES string of the molecule is CCCN(C(=O)/C=C/c1cc(Cl)ccc1OC)C1CCN(C(=O)c2ccccc2)CC1. The van der Waals surface area contributed by atoms with Gasteiger partial charge in [-0.05, 0) is 55.7 Å². The van der Waals surface area contributed by atoms with Crippen molar-refractivity contribution in [3.05, 3.63) is 70.8 Å². The second-order valence-corrected chi connectivity index (χ2v) is 8.08. The molecular formula is C25H29ClN2O3. The largest absolute Gasteiger partial charge is 0.496 e. The summed E-state index contributed by atoms with van der Waals surface area (Å²) in [4.78, 5) is 29.5. The predicted octanol–water partition coefficient (Wildman–Crippen LogP) is 4.91. The molecule has 0 aromatic heterocycles. The standard InChI is InChI=1S/C25H29ClN2O3/c1-3-15-28(24(29)12-9-20-18-21(26)10-11-23(20)31-2)22-13-16-27(17-14-22)25(30)19-7-5-4-6-8-19/h4-12,18,22H,3,13-17H2,1-2H3/b12-9+. The van der Waals surface area contributed by atoms with Gasteiger partial charge in [-0.1, -0.05) is 36.7 Å². The number of piperidine rings is 1. The molecule has 0 saturated carbocycles. The molecule has 5 nitrogen and oxygen atoms in total. The van der Waals surface area contributed by atoms with Crippen molar-refractivity contribution < 1.29 is 14.3 Å². The van der Waals surface area contributed by atoms with Crippen molar-refractivity contribution in [2.24, 2.45) is 0 Å². The Kier molecular flexibility index (Phi) is 8.13. The van der Waals surface area contributed by atoms with E-state index in [9.17, 15) is 9.59 Å². The topological polar surface area (TPSA) is 49.9 Å². The lowest BCUT2D eigenvalue weighted by atomic mass is 10.0. The number of hydrogen-bond acceptors (Lipinski definition) is 3. The van der Waals surface area contributed by atoms with E-state index in [4.69, 9.17) is 16.3 Å². The summed E-state index contributed by atoms with van der Waals surface area (Å²) in [5.41, 5.74) is 1.48. The first kappa shape index (κ1) is 22.9. The van der Waals surface area contributed by atoms with Crippen molar-refractivity contribution in [1.29, 1.82) is 0 Å². The molecule has 0 spiro atoms. The lowest BCUT2D eigenvalue weighted by Gasteiger charge is -2.38. The summed E-state index contributed by atoms with van der Waals surface area (Å²) in [6.07, 6.45) is 5.77. The monoisotopic (exact) mass is 440 g/mol. The molecule has 2 aromatic carbocycles. The minimum atomic E-state index is -0.0308. The number of benzene rings is 2. The fraction of sp³-hybridized carbons (Fsp3) is 0.360. The molecule has 164 valence electrons. The summed E-state index contributed by atoms with van der Waals surface area (Å²) in [6, 6.07) is 14.8. The van der Waals surface area contributed by atoms with Crippen LogP contribution in [0.3, 0.4) is 0 Å². The molecule has 2 amide bonds. The molecular weight excluding hydrogens is 412 g/mol. The van der Waals surface area contributed by atoms with Crippen LogP contribution in [0.4, 0.5) is 0 Å². The van der Waals surface area contributed by atoms with Crippen LogP contribution in [-0.2, 0) is 4.79 Å². The summed E-state index contributed by atoms with van der Waals surface area (Å²) in [5.74, 6) is 0.695. The third-order valence-corrected chi connectivity index (χ3v) is 5.79. The number of rotatable bonds is 7. The molecule has 1 aliphatic heterocycles. The van der Waals surface area contributed by atoms with Gasteiger partial charge in [-0.3, -0.25) is 9.59 Å². The molecule has 1 heterocycles. The van der Waals surface area contributed by atoms with Crippen LogP contribution in [0.1, 0.15) is 42.1 Å². The Morgan fingerprint density at radius 1 is 1.16 bits per heavy atom. The van der Waals surface area contributed by atoms with Gasteiger partial charge in [0.1, 0.15) is 5.75 Å². The maximum absolute atomic E-state index is 13.0. The van der Waals surface area contributed by atoms with Crippen molar-refractivity contribution >= 4 is 29.5 Å². The van der Waals surface area contributed by atoms with Crippen molar-refractivity contribution in [3.63, 3.8) is 0 Å². The number of halogens is 1. The second-order valence-electron chi connectivity index (χ2n) is 7.64. The number of hydrogen-bond donors (Lipinski definition) is 0. The van der Waals surface area contributed by atoms with Gasteiger partial charge in [-0.25, -0.2) is 0 Å². The maximum Gasteiger partial charge on any atom is 0.253 e. The van der Waals surface area contributed by atoms with Crippen LogP contribution < -0.4 is 4.74 Å². The molecule has 6 heteroatoms. The van der Waals surface area contributed by atoms with E-state index in [-0.39, 0.29) is 17.9 Å². The van der Waals surface area contributed by atoms with Crippen LogP contribution >= 0.6 is 11.6 Å². The zero-order chi connectivity index (χ0) is 22.2. The summed E-state index contributed by atoms with van der Waals surface area (Å²) in [5, 5.41) is 0.591. The van der Waals surface area contributed by atoms with Crippen LogP contribution in [0.5, 0.6) is 5.75 Å². The highest BCUT2D eigenvalue weighted by Gasteiger charge is 2.28. The van der Waals surface area contributed by atoms with E-state index in [1.807, 2.05) is 40.1 Å². The van der Waals surface area contributed by atoms with Crippen molar-refractivity contribution in [2.75, 3.05) is 26.7 Å². The molecule has 0 radical (unpaired) electrons. The minimum Gasteiger partial charge on any atom is -0.496 e. The van der Waals surface area contributed by atoms with Gasteiger partial charge in [-0.15, -0.1) is 0 Å². The molecule has 3 rings (SSSR count). The van der Waals surface area contributed by atoms with Gasteiger partial charge in [0.05, 0.1) is 7.11 Å². The Balaban J connectivity index is 1.65. The zero-order valence-corrected chi connectivity index (χ0v) is 18.8. The van der Waals surface area contributed by atoms with E-state index >= 15 is 0 Å². The van der Waals surface area contributed by atoms with Crippen LogP contribution in [0.15, 0.2) is 54.6 Å². The summed E-state index contributed by atoms with van der Waals surface area (Å²) in [6.45, 7) is 4.06. The Bertz CT molecular complexity index is 922. The molecule has 0 atom stereocenters. The Morgan fingerprint density at radius 2 is 1.87 bits per heavy atom. The predicted molar refractivity (Wildman–Crippen MR) is 124 cm³/mol. The fourth-order valence-corrected chi connectivity index (χ4v) is 4.13. The lowest BCUT2D eigenvalue weighted by molar-refractivity contribution is -0.129. The first-order chi connectivity index (χ1) is 15.0. The Labute approximate surface area is 189 Å². The van der Waals surface area contributed by atoms with Gasteiger partial charge >= 0.3 is 0 Å². The third-order valence-electron chi connectivity index (χ3n) is 5.56. The molecule has 2 aromatic rings. The van der Waals surface area contributed by atoms with E-state index in [2.05, 4.69) is 6.92 Å². The van der Waals surface area contributed by atoms with Gasteiger partial charge in [0.2, 0.25) is 5.91 Å². The van der Waals surface area contributed by atoms with Gasteiger partial charge < -0.3 is 14.5 Å². The van der Waals surface area contributed by atoms with E-state index in [1.54, 1.807) is 37.5 Å². The highest BCUT2D eigenvalue weighted by Crippen LogP contribution is 2.24. The number of amides is 2. The van der Waals surface area contributed by atoms with E-state index in [1.165, 1.54) is 0 Å². The Hall–Kier alpha value is -2.79. The normalized spacial score (nSPS) is 14.6. The summed E-state index contributed by atoms with van der Waals surface area (Å²) < 4.78 is 5.36. The number of ether oxygens (including phenoxy) is 1. The van der Waals surface area contributed by atoms with Crippen LogP contribution in [-0.4, -0.2) is 54.4 Å². The number of carbonyl (C=O) groups is 2. The highest BCUT2D eigenvalue weighted by molar-refractivity contribution is 6.30. The molecule has 1 aliphatic rings. The zero-order valence-electron chi connectivity index (χ0n) is 18.1. The average Bonchev–Trinajstić information content (AvgIpc) is 2.81. The van der Waals surface area contributed by atoms with Crippen molar-refractivity contribution in [2.45, 2.75) is 32.2 Å². The number of nitrogens with zero attached hydrogens (tertiary/aromatic N) is 2. The second kappa shape index (κ2) is 11.0. The van der Waals surface area contributed by atoms with Gasteiger partial charge in [0.15, 0.2) is 0 Å². The van der Waals surface area contributed by atoms with E-state index < -0.39 is 0 Å². The van der Waals surface area contributed by atoms with Gasteiger partial charge in [0, 0.05) is 47.9 Å². The number of carbonyl (C=O) groups excluding carboxylic acids is 2. The smallest absolute Gasteiger partial charge is 0.253 e. The molecule has 0 unspecified atom stereocenters. The highest BCUT2D eigenvalue weighted by atomic mass is 35.5. The lowest BCUT2D eigenvalue weighted by Crippen LogP contribution is -2.48. The van der Waals surface area contributed by atoms with E-state index in [0.29, 0.717) is 36.0 Å². The van der Waals surface area contributed by atoms with Crippen LogP contribution in [0.2, 0.25) is 5.02 Å². The molecule has 31 heavy (non-hydrogen) atoms. The number of methoxy groups -OCH3 is 1. The van der Waals surface area contributed by atoms with Crippen LogP contribution in [0, 0.1) is 0 Å². The van der Waals surface area contributed by atoms with Crippen molar-refractivity contribution in [3.8, 4) is 5.75 Å². The molecule has 0 aliphatic carbocycles. The van der Waals surface area contributed by atoms with Gasteiger partial charge in [0.25, 0.3) is 5.91 Å². The fourth-order valence-electron chi connectivity index (χ4n) is 3.95. The minimum absolute atomic E-state index is 0.0308. The first-order valence-corrected chi connectivity index (χ1v) is 11.1.